The minimum atomic E-state index is -0.0261. The summed E-state index contributed by atoms with van der Waals surface area (Å²) >= 11 is 1.62. The Hall–Kier alpha value is -4.10. The summed E-state index contributed by atoms with van der Waals surface area (Å²) in [6, 6.07) is 21.8. The van der Waals surface area contributed by atoms with Gasteiger partial charge in [-0.3, -0.25) is 14.3 Å². The normalized spacial score (nSPS) is 13.8. The zero-order valence-electron chi connectivity index (χ0n) is 24.3. The van der Waals surface area contributed by atoms with E-state index in [4.69, 9.17) is 14.7 Å². The molecule has 1 fully saturated rings. The summed E-state index contributed by atoms with van der Waals surface area (Å²) in [4.78, 5) is 30.8. The maximum absolute atomic E-state index is 14.5. The lowest BCUT2D eigenvalue weighted by Crippen LogP contribution is -2.27. The average molecular weight is 577 g/mol. The molecule has 42 heavy (non-hydrogen) atoms. The Labute approximate surface area is 251 Å². The molecule has 4 heterocycles. The lowest BCUT2D eigenvalue weighted by atomic mass is 9.87. The van der Waals surface area contributed by atoms with Crippen LogP contribution in [0.3, 0.4) is 0 Å². The van der Waals surface area contributed by atoms with Gasteiger partial charge in [0.2, 0.25) is 0 Å². The third-order valence-corrected chi connectivity index (χ3v) is 9.23. The van der Waals surface area contributed by atoms with Crippen molar-refractivity contribution in [3.63, 3.8) is 0 Å². The molecule has 1 aliphatic rings. The van der Waals surface area contributed by atoms with Gasteiger partial charge in [0.05, 0.1) is 17.0 Å². The molecule has 0 saturated heterocycles. The molecule has 6 nitrogen and oxygen atoms in total. The summed E-state index contributed by atoms with van der Waals surface area (Å²) in [5, 5.41) is 0. The van der Waals surface area contributed by atoms with Gasteiger partial charge in [-0.25, -0.2) is 9.97 Å². The van der Waals surface area contributed by atoms with Crippen LogP contribution in [-0.4, -0.2) is 19.5 Å². The highest BCUT2D eigenvalue weighted by atomic mass is 32.1. The first-order valence-corrected chi connectivity index (χ1v) is 15.7. The Kier molecular flexibility index (Phi) is 8.56. The molecule has 1 aliphatic carbocycles. The standard InChI is InChI=1S/C35H36N4O2S/c1-24-32(31-22-28(25(2)42-31)29-16-9-10-19-36-29)35(40)39(21-18-26-12-5-3-6-13-26)34(38-24)33-30(17-11-20-37-33)41-23-27-14-7-4-8-15-27/h4,7-11,14-17,19-20,22,26H,3,5-6,12-13,18,21,23H2,1-2H3. The van der Waals surface area contributed by atoms with Crippen LogP contribution in [0.2, 0.25) is 0 Å². The minimum Gasteiger partial charge on any atom is -0.486 e. The largest absolute Gasteiger partial charge is 0.486 e. The van der Waals surface area contributed by atoms with Gasteiger partial charge >= 0.3 is 0 Å². The molecule has 1 aromatic carbocycles. The first-order chi connectivity index (χ1) is 20.6. The summed E-state index contributed by atoms with van der Waals surface area (Å²) < 4.78 is 8.12. The molecule has 0 atom stereocenters. The highest BCUT2D eigenvalue weighted by molar-refractivity contribution is 7.16. The van der Waals surface area contributed by atoms with E-state index in [-0.39, 0.29) is 5.56 Å². The number of aromatic nitrogens is 4. The Morgan fingerprint density at radius 2 is 1.71 bits per heavy atom. The molecule has 0 spiro atoms. The Morgan fingerprint density at radius 1 is 0.929 bits per heavy atom. The van der Waals surface area contributed by atoms with Crippen molar-refractivity contribution < 1.29 is 4.74 Å². The number of ether oxygens (including phenoxy) is 1. The summed E-state index contributed by atoms with van der Waals surface area (Å²) in [5.74, 6) is 1.82. The van der Waals surface area contributed by atoms with Crippen molar-refractivity contribution in [2.75, 3.05) is 0 Å². The molecular formula is C35H36N4O2S. The third-order valence-electron chi connectivity index (χ3n) is 8.16. The number of hydrogen-bond donors (Lipinski definition) is 0. The second-order valence-electron chi connectivity index (χ2n) is 11.1. The predicted octanol–water partition coefficient (Wildman–Crippen LogP) is 8.26. The van der Waals surface area contributed by atoms with E-state index in [0.29, 0.717) is 47.6 Å². The highest BCUT2D eigenvalue weighted by Gasteiger charge is 2.24. The van der Waals surface area contributed by atoms with Crippen LogP contribution in [0.15, 0.2) is 83.9 Å². The molecule has 0 radical (unpaired) electrons. The molecule has 0 bridgehead atoms. The fraction of sp³-hybridized carbons (Fsp3) is 0.314. The zero-order chi connectivity index (χ0) is 28.9. The van der Waals surface area contributed by atoms with Crippen molar-refractivity contribution >= 4 is 11.3 Å². The molecule has 0 N–H and O–H groups in total. The van der Waals surface area contributed by atoms with Crippen molar-refractivity contribution in [3.05, 3.63) is 106 Å². The fourth-order valence-corrected chi connectivity index (χ4v) is 7.03. The minimum absolute atomic E-state index is 0.0261. The van der Waals surface area contributed by atoms with E-state index < -0.39 is 0 Å². The van der Waals surface area contributed by atoms with E-state index in [1.165, 1.54) is 32.1 Å². The van der Waals surface area contributed by atoms with Crippen LogP contribution in [0.1, 0.15) is 54.7 Å². The van der Waals surface area contributed by atoms with E-state index in [9.17, 15) is 4.79 Å². The summed E-state index contributed by atoms with van der Waals surface area (Å²) in [6.45, 7) is 5.02. The van der Waals surface area contributed by atoms with Crippen LogP contribution < -0.4 is 10.3 Å². The van der Waals surface area contributed by atoms with Crippen LogP contribution in [0, 0.1) is 19.8 Å². The zero-order valence-corrected chi connectivity index (χ0v) is 25.1. The maximum Gasteiger partial charge on any atom is 0.262 e. The molecule has 4 aromatic heterocycles. The van der Waals surface area contributed by atoms with Gasteiger partial charge in [0, 0.05) is 34.3 Å². The summed E-state index contributed by atoms with van der Waals surface area (Å²) in [5.41, 5.74) is 4.94. The smallest absolute Gasteiger partial charge is 0.262 e. The average Bonchev–Trinajstić information content (AvgIpc) is 3.41. The number of benzene rings is 1. The van der Waals surface area contributed by atoms with Crippen molar-refractivity contribution in [1.29, 1.82) is 0 Å². The Bertz CT molecular complexity index is 1710. The first-order valence-electron chi connectivity index (χ1n) is 14.8. The molecule has 7 heteroatoms. The lowest BCUT2D eigenvalue weighted by molar-refractivity contribution is 0.305. The van der Waals surface area contributed by atoms with Gasteiger partial charge in [0.15, 0.2) is 5.82 Å². The number of pyridine rings is 2. The maximum atomic E-state index is 14.5. The van der Waals surface area contributed by atoms with Crippen LogP contribution >= 0.6 is 11.3 Å². The predicted molar refractivity (Wildman–Crippen MR) is 170 cm³/mol. The monoisotopic (exact) mass is 576 g/mol. The lowest BCUT2D eigenvalue weighted by Gasteiger charge is -2.23. The quantitative estimate of drug-likeness (QED) is 0.177. The van der Waals surface area contributed by atoms with Crippen LogP contribution in [0.5, 0.6) is 5.75 Å². The van der Waals surface area contributed by atoms with Gasteiger partial charge in [0.1, 0.15) is 18.1 Å². The topological polar surface area (TPSA) is 69.9 Å². The second kappa shape index (κ2) is 12.8. The van der Waals surface area contributed by atoms with Crippen molar-refractivity contribution in [3.8, 4) is 39.0 Å². The SMILES string of the molecule is Cc1nc(-c2ncccc2OCc2ccccc2)n(CCC2CCCCC2)c(=O)c1-c1cc(-c2ccccn2)c(C)s1. The van der Waals surface area contributed by atoms with Gasteiger partial charge < -0.3 is 4.74 Å². The van der Waals surface area contributed by atoms with Gasteiger partial charge in [0.25, 0.3) is 5.56 Å². The molecule has 0 aliphatic heterocycles. The van der Waals surface area contributed by atoms with E-state index in [0.717, 1.165) is 33.0 Å². The summed E-state index contributed by atoms with van der Waals surface area (Å²) in [7, 11) is 0. The van der Waals surface area contributed by atoms with E-state index in [2.05, 4.69) is 18.0 Å². The molecule has 0 amide bonds. The van der Waals surface area contributed by atoms with Crippen LogP contribution in [-0.2, 0) is 13.2 Å². The van der Waals surface area contributed by atoms with Crippen molar-refractivity contribution in [2.45, 2.75) is 65.5 Å². The number of rotatable bonds is 9. The fourth-order valence-electron chi connectivity index (χ4n) is 5.91. The molecule has 5 aromatic rings. The third kappa shape index (κ3) is 6.07. The van der Waals surface area contributed by atoms with Crippen molar-refractivity contribution in [2.24, 2.45) is 5.92 Å². The number of nitrogens with zero attached hydrogens (tertiary/aromatic N) is 4. The molecule has 0 unspecified atom stereocenters. The molecule has 1 saturated carbocycles. The summed E-state index contributed by atoms with van der Waals surface area (Å²) in [6.07, 6.45) is 10.8. The Balaban J connectivity index is 1.42. The highest BCUT2D eigenvalue weighted by Crippen LogP contribution is 2.37. The van der Waals surface area contributed by atoms with Gasteiger partial charge in [-0.2, -0.15) is 0 Å². The van der Waals surface area contributed by atoms with Gasteiger partial charge in [-0.05, 0) is 62.1 Å². The second-order valence-corrected chi connectivity index (χ2v) is 12.3. The van der Waals surface area contributed by atoms with Gasteiger partial charge in [-0.15, -0.1) is 11.3 Å². The van der Waals surface area contributed by atoms with E-state index in [1.54, 1.807) is 23.7 Å². The number of thiophene rings is 1. The first kappa shape index (κ1) is 28.0. The van der Waals surface area contributed by atoms with E-state index >= 15 is 0 Å². The van der Waals surface area contributed by atoms with Gasteiger partial charge in [-0.1, -0.05) is 68.5 Å². The molecule has 6 rings (SSSR count). The van der Waals surface area contributed by atoms with Crippen molar-refractivity contribution in [1.82, 2.24) is 19.5 Å². The number of hydrogen-bond acceptors (Lipinski definition) is 6. The Morgan fingerprint density at radius 3 is 2.50 bits per heavy atom. The molecular weight excluding hydrogens is 540 g/mol. The molecule has 214 valence electrons. The number of aryl methyl sites for hydroxylation is 2. The van der Waals surface area contributed by atoms with Crippen LogP contribution in [0.25, 0.3) is 33.2 Å². The van der Waals surface area contributed by atoms with Crippen LogP contribution in [0.4, 0.5) is 0 Å². The van der Waals surface area contributed by atoms with E-state index in [1.807, 2.05) is 72.2 Å².